The summed E-state index contributed by atoms with van der Waals surface area (Å²) in [5, 5.41) is 18.9. The molecule has 1 N–H and O–H groups in total. The quantitative estimate of drug-likeness (QED) is 0.552. The molecule has 0 spiro atoms. The van der Waals surface area contributed by atoms with Crippen molar-refractivity contribution in [2.24, 2.45) is 0 Å². The molecule has 0 atom stereocenters. The van der Waals surface area contributed by atoms with E-state index in [1.807, 2.05) is 0 Å². The van der Waals surface area contributed by atoms with E-state index in [0.29, 0.717) is 12.3 Å². The number of carboxylic acids is 1. The summed E-state index contributed by atoms with van der Waals surface area (Å²) < 4.78 is 36.4. The second kappa shape index (κ2) is 3.17. The van der Waals surface area contributed by atoms with Gasteiger partial charge in [-0.2, -0.15) is 17.9 Å². The van der Waals surface area contributed by atoms with Crippen molar-refractivity contribution in [2.75, 3.05) is 0 Å². The van der Waals surface area contributed by atoms with Gasteiger partial charge in [0.15, 0.2) is 12.4 Å². The maximum absolute atomic E-state index is 12.2. The maximum Gasteiger partial charge on any atom is 0.423 e. The van der Waals surface area contributed by atoms with Gasteiger partial charge in [-0.05, 0) is 0 Å². The first kappa shape index (κ1) is 10.3. The van der Waals surface area contributed by atoms with Crippen LogP contribution in [0.1, 0.15) is 15.9 Å². The maximum atomic E-state index is 12.2. The Morgan fingerprint density at radius 2 is 2.07 bits per heavy atom. The number of hydrogen-bond donors (Lipinski definition) is 1. The molecule has 0 fully saturated rings. The van der Waals surface area contributed by atoms with Crippen LogP contribution in [0.15, 0.2) is 18.5 Å². The molecule has 0 unspecified atom stereocenters. The van der Waals surface area contributed by atoms with Gasteiger partial charge in [0.25, 0.3) is 0 Å². The molecule has 1 heterocycles. The van der Waals surface area contributed by atoms with Gasteiger partial charge < -0.3 is 10.3 Å². The van der Waals surface area contributed by atoms with E-state index in [4.69, 9.17) is 5.11 Å². The van der Waals surface area contributed by atoms with Crippen LogP contribution in [0, 0.1) is 5.21 Å². The molecule has 7 heteroatoms. The van der Waals surface area contributed by atoms with Crippen LogP contribution >= 0.6 is 0 Å². The lowest BCUT2D eigenvalue weighted by Gasteiger charge is -2.08. The predicted molar refractivity (Wildman–Crippen MR) is 37.4 cm³/mol. The number of pyridine rings is 1. The first-order valence-electron chi connectivity index (χ1n) is 3.35. The number of halogens is 3. The molecule has 0 radical (unpaired) electrons. The third-order valence-corrected chi connectivity index (χ3v) is 1.47. The molecule has 1 aromatic rings. The third kappa shape index (κ3) is 1.93. The second-order valence-corrected chi connectivity index (χ2v) is 2.43. The molecule has 4 nitrogen and oxygen atoms in total. The molecule has 0 aliphatic heterocycles. The first-order valence-corrected chi connectivity index (χ1v) is 3.35. The summed E-state index contributed by atoms with van der Waals surface area (Å²) in [7, 11) is 0. The van der Waals surface area contributed by atoms with E-state index in [-0.39, 0.29) is 10.9 Å². The van der Waals surface area contributed by atoms with Crippen LogP contribution in [-0.2, 0) is 6.18 Å². The molecule has 0 amide bonds. The fourth-order valence-electron chi connectivity index (χ4n) is 0.890. The van der Waals surface area contributed by atoms with E-state index in [9.17, 15) is 23.2 Å². The molecule has 0 saturated carbocycles. The van der Waals surface area contributed by atoms with Gasteiger partial charge in [-0.15, -0.1) is 0 Å². The largest absolute Gasteiger partial charge is 0.619 e. The highest BCUT2D eigenvalue weighted by Crippen LogP contribution is 2.30. The Hall–Kier alpha value is -1.79. The Morgan fingerprint density at radius 1 is 1.50 bits per heavy atom. The van der Waals surface area contributed by atoms with Gasteiger partial charge >= 0.3 is 12.1 Å². The highest BCUT2D eigenvalue weighted by Gasteiger charge is 2.37. The predicted octanol–water partition coefficient (Wildman–Crippen LogP) is 1.04. The molecule has 0 aromatic carbocycles. The molecule has 0 aliphatic rings. The first-order chi connectivity index (χ1) is 6.32. The van der Waals surface area contributed by atoms with Gasteiger partial charge in [0.05, 0.1) is 5.56 Å². The van der Waals surface area contributed by atoms with Crippen molar-refractivity contribution in [3.8, 4) is 0 Å². The Bertz CT molecular complexity index is 375. The van der Waals surface area contributed by atoms with E-state index < -0.39 is 23.3 Å². The minimum atomic E-state index is -4.85. The highest BCUT2D eigenvalue weighted by atomic mass is 19.4. The molecule has 76 valence electrons. The standard InChI is InChI=1S/C7H4F3NO3/c8-7(9,10)5-3-11(14)2-1-4(5)6(12)13/h1-3H,(H,12,13). The molecule has 1 aromatic heterocycles. The fraction of sp³-hybridized carbons (Fsp3) is 0.143. The lowest BCUT2D eigenvalue weighted by Crippen LogP contribution is -2.29. The topological polar surface area (TPSA) is 64.2 Å². The van der Waals surface area contributed by atoms with Crippen molar-refractivity contribution < 1.29 is 27.8 Å². The number of nitrogens with zero attached hydrogens (tertiary/aromatic N) is 1. The molecule has 0 aliphatic carbocycles. The second-order valence-electron chi connectivity index (χ2n) is 2.43. The lowest BCUT2D eigenvalue weighted by atomic mass is 10.1. The zero-order valence-corrected chi connectivity index (χ0v) is 6.58. The summed E-state index contributed by atoms with van der Waals surface area (Å²) in [6.45, 7) is 0. The molecule has 14 heavy (non-hydrogen) atoms. The highest BCUT2D eigenvalue weighted by molar-refractivity contribution is 5.89. The van der Waals surface area contributed by atoms with E-state index in [1.165, 1.54) is 0 Å². The molecule has 0 saturated heterocycles. The van der Waals surface area contributed by atoms with Crippen LogP contribution in [-0.4, -0.2) is 11.1 Å². The Balaban J connectivity index is 3.38. The number of rotatable bonds is 1. The van der Waals surface area contributed by atoms with Crippen molar-refractivity contribution in [2.45, 2.75) is 6.18 Å². The van der Waals surface area contributed by atoms with E-state index in [0.717, 1.165) is 0 Å². The number of hydrogen-bond acceptors (Lipinski definition) is 2. The van der Waals surface area contributed by atoms with Crippen LogP contribution in [0.4, 0.5) is 13.2 Å². The Labute approximate surface area is 75.8 Å². The number of aromatic nitrogens is 1. The van der Waals surface area contributed by atoms with Crippen molar-refractivity contribution in [3.05, 3.63) is 34.8 Å². The SMILES string of the molecule is O=C(O)c1cc[n+]([O-])cc1C(F)(F)F. The van der Waals surface area contributed by atoms with Crippen molar-refractivity contribution in [3.63, 3.8) is 0 Å². The van der Waals surface area contributed by atoms with Crippen molar-refractivity contribution >= 4 is 5.97 Å². The van der Waals surface area contributed by atoms with Crippen LogP contribution in [0.25, 0.3) is 0 Å². The third-order valence-electron chi connectivity index (χ3n) is 1.47. The number of carboxylic acid groups (broad SMARTS) is 1. The smallest absolute Gasteiger partial charge is 0.423 e. The zero-order valence-electron chi connectivity index (χ0n) is 6.58. The van der Waals surface area contributed by atoms with Gasteiger partial charge in [0.1, 0.15) is 5.56 Å². The average Bonchev–Trinajstić information content (AvgIpc) is 2.01. The molecular weight excluding hydrogens is 203 g/mol. The van der Waals surface area contributed by atoms with E-state index >= 15 is 0 Å². The molecule has 1 rings (SSSR count). The van der Waals surface area contributed by atoms with Crippen LogP contribution in [0.5, 0.6) is 0 Å². The summed E-state index contributed by atoms with van der Waals surface area (Å²) in [5.74, 6) is -1.72. The number of aromatic carboxylic acids is 1. The van der Waals surface area contributed by atoms with Crippen LogP contribution < -0.4 is 4.73 Å². The Morgan fingerprint density at radius 3 is 2.50 bits per heavy atom. The molecular formula is C7H4F3NO3. The monoisotopic (exact) mass is 207 g/mol. The minimum Gasteiger partial charge on any atom is -0.619 e. The lowest BCUT2D eigenvalue weighted by molar-refractivity contribution is -0.606. The van der Waals surface area contributed by atoms with Gasteiger partial charge in [0.2, 0.25) is 0 Å². The zero-order chi connectivity index (χ0) is 10.9. The van der Waals surface area contributed by atoms with E-state index in [2.05, 4.69) is 0 Å². The summed E-state index contributed by atoms with van der Waals surface area (Å²) in [5.41, 5.74) is -2.40. The minimum absolute atomic E-state index is 0.102. The van der Waals surface area contributed by atoms with Crippen LogP contribution in [0.2, 0.25) is 0 Å². The number of alkyl halides is 3. The van der Waals surface area contributed by atoms with Crippen molar-refractivity contribution in [1.29, 1.82) is 0 Å². The normalized spacial score (nSPS) is 11.4. The summed E-state index contributed by atoms with van der Waals surface area (Å²) in [4.78, 5) is 10.4. The summed E-state index contributed by atoms with van der Waals surface area (Å²) in [6.07, 6.45) is -3.97. The summed E-state index contributed by atoms with van der Waals surface area (Å²) >= 11 is 0. The van der Waals surface area contributed by atoms with Gasteiger partial charge in [-0.3, -0.25) is 0 Å². The number of carbonyl (C=O) groups is 1. The van der Waals surface area contributed by atoms with E-state index in [1.54, 1.807) is 0 Å². The molecule has 0 bridgehead atoms. The van der Waals surface area contributed by atoms with Gasteiger partial charge in [-0.1, -0.05) is 0 Å². The van der Waals surface area contributed by atoms with Crippen molar-refractivity contribution in [1.82, 2.24) is 0 Å². The fourth-order valence-corrected chi connectivity index (χ4v) is 0.890. The average molecular weight is 207 g/mol. The van der Waals surface area contributed by atoms with Crippen LogP contribution in [0.3, 0.4) is 0 Å². The van der Waals surface area contributed by atoms with Gasteiger partial charge in [-0.25, -0.2) is 4.79 Å². The Kier molecular flexibility index (Phi) is 2.33. The van der Waals surface area contributed by atoms with Gasteiger partial charge in [0, 0.05) is 6.07 Å². The summed E-state index contributed by atoms with van der Waals surface area (Å²) in [6, 6.07) is 0.609.